The largest absolute Gasteiger partial charge is 0.381 e. The molecule has 3 atom stereocenters. The summed E-state index contributed by atoms with van der Waals surface area (Å²) in [6, 6.07) is 1.44. The fourth-order valence-electron chi connectivity index (χ4n) is 4.55. The van der Waals surface area contributed by atoms with Crippen LogP contribution in [0.25, 0.3) is 0 Å². The van der Waals surface area contributed by atoms with Crippen LogP contribution >= 0.6 is 0 Å². The number of piperazine rings is 1. The topological polar surface area (TPSA) is 24.5 Å². The van der Waals surface area contributed by atoms with Crippen molar-refractivity contribution in [3.63, 3.8) is 0 Å². The molecule has 3 nitrogen and oxygen atoms in total. The molecule has 1 N–H and O–H groups in total. The van der Waals surface area contributed by atoms with Crippen molar-refractivity contribution in [2.75, 3.05) is 20.2 Å². The molecule has 0 amide bonds. The lowest BCUT2D eigenvalue weighted by atomic mass is 9.86. The number of hydrogen-bond donors (Lipinski definition) is 1. The highest BCUT2D eigenvalue weighted by molar-refractivity contribution is 5.02. The van der Waals surface area contributed by atoms with Crippen molar-refractivity contribution < 1.29 is 4.74 Å². The first-order valence-electron chi connectivity index (χ1n) is 8.26. The van der Waals surface area contributed by atoms with Gasteiger partial charge in [-0.15, -0.1) is 0 Å². The minimum absolute atomic E-state index is 0.451. The summed E-state index contributed by atoms with van der Waals surface area (Å²) in [6.07, 6.45) is 11.3. The van der Waals surface area contributed by atoms with Gasteiger partial charge in [-0.05, 0) is 45.4 Å². The predicted octanol–water partition coefficient (Wildman–Crippen LogP) is 2.55. The molecule has 110 valence electrons. The van der Waals surface area contributed by atoms with Crippen molar-refractivity contribution >= 4 is 0 Å². The summed E-state index contributed by atoms with van der Waals surface area (Å²) < 4.78 is 5.62. The van der Waals surface area contributed by atoms with Crippen molar-refractivity contribution in [3.05, 3.63) is 0 Å². The lowest BCUT2D eigenvalue weighted by molar-refractivity contribution is -0.0105. The van der Waals surface area contributed by atoms with Gasteiger partial charge in [0.2, 0.25) is 0 Å². The zero-order valence-corrected chi connectivity index (χ0v) is 12.7. The Morgan fingerprint density at radius 3 is 2.68 bits per heavy atom. The highest BCUT2D eigenvalue weighted by Crippen LogP contribution is 2.36. The number of nitrogens with one attached hydrogen (secondary N) is 1. The second-order valence-electron chi connectivity index (χ2n) is 7.07. The summed E-state index contributed by atoms with van der Waals surface area (Å²) in [4.78, 5) is 2.81. The molecule has 3 aliphatic rings. The molecule has 1 aliphatic heterocycles. The molecule has 0 radical (unpaired) electrons. The highest BCUT2D eigenvalue weighted by atomic mass is 16.5. The Morgan fingerprint density at radius 2 is 1.95 bits per heavy atom. The van der Waals surface area contributed by atoms with Gasteiger partial charge in [-0.3, -0.25) is 4.90 Å². The Morgan fingerprint density at radius 1 is 1.16 bits per heavy atom. The zero-order valence-electron chi connectivity index (χ0n) is 12.7. The van der Waals surface area contributed by atoms with E-state index in [2.05, 4.69) is 17.1 Å². The zero-order chi connectivity index (χ0) is 13.3. The molecule has 0 aromatic rings. The van der Waals surface area contributed by atoms with Crippen molar-refractivity contribution in [1.29, 1.82) is 0 Å². The lowest BCUT2D eigenvalue weighted by Gasteiger charge is -2.50. The van der Waals surface area contributed by atoms with Crippen molar-refractivity contribution in [1.82, 2.24) is 10.2 Å². The van der Waals surface area contributed by atoms with E-state index in [-0.39, 0.29) is 0 Å². The smallest absolute Gasteiger partial charge is 0.0586 e. The van der Waals surface area contributed by atoms with Gasteiger partial charge in [0.1, 0.15) is 0 Å². The van der Waals surface area contributed by atoms with E-state index in [9.17, 15) is 0 Å². The molecule has 2 aliphatic carbocycles. The van der Waals surface area contributed by atoms with Gasteiger partial charge in [-0.1, -0.05) is 12.8 Å². The van der Waals surface area contributed by atoms with Crippen molar-refractivity contribution in [2.45, 2.75) is 82.0 Å². The van der Waals surface area contributed by atoms with Crippen molar-refractivity contribution in [3.8, 4) is 0 Å². The van der Waals surface area contributed by atoms with Gasteiger partial charge in [0.15, 0.2) is 0 Å². The van der Waals surface area contributed by atoms with Gasteiger partial charge in [0.05, 0.1) is 6.10 Å². The van der Waals surface area contributed by atoms with Gasteiger partial charge in [-0.25, -0.2) is 0 Å². The van der Waals surface area contributed by atoms with E-state index in [0.29, 0.717) is 17.7 Å². The maximum atomic E-state index is 5.62. The summed E-state index contributed by atoms with van der Waals surface area (Å²) in [7, 11) is 1.88. The lowest BCUT2D eigenvalue weighted by Crippen LogP contribution is -2.65. The molecule has 0 bridgehead atoms. The van der Waals surface area contributed by atoms with E-state index in [1.54, 1.807) is 0 Å². The third-order valence-corrected chi connectivity index (χ3v) is 5.79. The third-order valence-electron chi connectivity index (χ3n) is 5.79. The second kappa shape index (κ2) is 5.71. The SMILES string of the molecule is COC1CCCC(N2CC3(CCCC3)NCC2C)C1. The first-order valence-corrected chi connectivity index (χ1v) is 8.26. The Bertz CT molecular complexity index is 301. The van der Waals surface area contributed by atoms with Crippen LogP contribution in [0, 0.1) is 0 Å². The summed E-state index contributed by atoms with van der Waals surface area (Å²) in [5.74, 6) is 0. The fourth-order valence-corrected chi connectivity index (χ4v) is 4.55. The van der Waals surface area contributed by atoms with Crippen LogP contribution in [-0.4, -0.2) is 48.8 Å². The third kappa shape index (κ3) is 2.84. The maximum absolute atomic E-state index is 5.62. The summed E-state index contributed by atoms with van der Waals surface area (Å²) in [5.41, 5.74) is 0.451. The van der Waals surface area contributed by atoms with Crippen LogP contribution in [-0.2, 0) is 4.74 Å². The molecule has 1 spiro atoms. The number of methoxy groups -OCH3 is 1. The molecule has 19 heavy (non-hydrogen) atoms. The van der Waals surface area contributed by atoms with E-state index in [1.165, 1.54) is 64.5 Å². The molecule has 3 unspecified atom stereocenters. The van der Waals surface area contributed by atoms with Crippen LogP contribution < -0.4 is 5.32 Å². The highest BCUT2D eigenvalue weighted by Gasteiger charge is 2.42. The summed E-state index contributed by atoms with van der Waals surface area (Å²) >= 11 is 0. The van der Waals surface area contributed by atoms with Crippen LogP contribution in [0.4, 0.5) is 0 Å². The quantitative estimate of drug-likeness (QED) is 0.831. The minimum atomic E-state index is 0.451. The minimum Gasteiger partial charge on any atom is -0.381 e. The molecule has 0 aromatic heterocycles. The Hall–Kier alpha value is -0.120. The molecular formula is C16H30N2O. The maximum Gasteiger partial charge on any atom is 0.0586 e. The van der Waals surface area contributed by atoms with E-state index in [1.807, 2.05) is 7.11 Å². The van der Waals surface area contributed by atoms with Gasteiger partial charge < -0.3 is 10.1 Å². The van der Waals surface area contributed by atoms with E-state index in [4.69, 9.17) is 4.74 Å². The van der Waals surface area contributed by atoms with Gasteiger partial charge in [0.25, 0.3) is 0 Å². The van der Waals surface area contributed by atoms with Crippen LogP contribution in [0.15, 0.2) is 0 Å². The molecule has 3 fully saturated rings. The number of nitrogens with zero attached hydrogens (tertiary/aromatic N) is 1. The first kappa shape index (κ1) is 13.8. The van der Waals surface area contributed by atoms with Crippen LogP contribution in [0.2, 0.25) is 0 Å². The Labute approximate surface area is 118 Å². The number of ether oxygens (including phenoxy) is 1. The second-order valence-corrected chi connectivity index (χ2v) is 7.07. The average molecular weight is 266 g/mol. The Kier molecular flexibility index (Phi) is 4.16. The normalized spacial score (nSPS) is 39.8. The van der Waals surface area contributed by atoms with Crippen LogP contribution in [0.1, 0.15) is 58.3 Å². The van der Waals surface area contributed by atoms with Gasteiger partial charge in [0, 0.05) is 37.8 Å². The predicted molar refractivity (Wildman–Crippen MR) is 78.4 cm³/mol. The van der Waals surface area contributed by atoms with Crippen molar-refractivity contribution in [2.24, 2.45) is 0 Å². The summed E-state index contributed by atoms with van der Waals surface area (Å²) in [5, 5.41) is 3.87. The summed E-state index contributed by atoms with van der Waals surface area (Å²) in [6.45, 7) is 4.84. The van der Waals surface area contributed by atoms with Crippen LogP contribution in [0.3, 0.4) is 0 Å². The molecule has 0 aromatic carbocycles. The standard InChI is InChI=1S/C16H30N2O/c1-13-11-17-16(8-3-4-9-16)12-18(13)14-6-5-7-15(10-14)19-2/h13-15,17H,3-12H2,1-2H3. The van der Waals surface area contributed by atoms with E-state index in [0.717, 1.165) is 6.04 Å². The molecule has 1 heterocycles. The molecule has 2 saturated carbocycles. The number of hydrogen-bond acceptors (Lipinski definition) is 3. The van der Waals surface area contributed by atoms with Gasteiger partial charge >= 0.3 is 0 Å². The monoisotopic (exact) mass is 266 g/mol. The first-order chi connectivity index (χ1) is 9.22. The molecule has 1 saturated heterocycles. The van der Waals surface area contributed by atoms with Crippen LogP contribution in [0.5, 0.6) is 0 Å². The number of rotatable bonds is 2. The molecule has 3 rings (SSSR count). The fraction of sp³-hybridized carbons (Fsp3) is 1.00. The average Bonchev–Trinajstić information content (AvgIpc) is 2.90. The van der Waals surface area contributed by atoms with Gasteiger partial charge in [-0.2, -0.15) is 0 Å². The van der Waals surface area contributed by atoms with E-state index >= 15 is 0 Å². The Balaban J connectivity index is 1.67. The molecular weight excluding hydrogens is 236 g/mol. The molecule has 3 heteroatoms. The van der Waals surface area contributed by atoms with E-state index < -0.39 is 0 Å².